The van der Waals surface area contributed by atoms with Crippen LogP contribution in [0.4, 0.5) is 0 Å². The van der Waals surface area contributed by atoms with E-state index in [4.69, 9.17) is 4.52 Å². The van der Waals surface area contributed by atoms with Gasteiger partial charge in [-0.3, -0.25) is 0 Å². The van der Waals surface area contributed by atoms with Crippen molar-refractivity contribution in [2.24, 2.45) is 5.41 Å². The lowest BCUT2D eigenvalue weighted by Crippen LogP contribution is -2.16. The molecule has 1 aliphatic carbocycles. The predicted molar refractivity (Wildman–Crippen MR) is 66.7 cm³/mol. The quantitative estimate of drug-likeness (QED) is 0.542. The summed E-state index contributed by atoms with van der Waals surface area (Å²) in [5.74, 6) is 4.09. The molecule has 4 heteroatoms. The van der Waals surface area contributed by atoms with Gasteiger partial charge in [0.05, 0.1) is 11.6 Å². The van der Waals surface area contributed by atoms with Gasteiger partial charge in [0.2, 0.25) is 0 Å². The van der Waals surface area contributed by atoms with Gasteiger partial charge in [-0.05, 0) is 33.6 Å². The first kappa shape index (κ1) is 10.1. The van der Waals surface area contributed by atoms with E-state index in [1.807, 2.05) is 6.08 Å². The Balaban J connectivity index is 2.29. The fraction of sp³-hybridized carbons (Fsp3) is 0.300. The molecule has 2 nitrogen and oxygen atoms in total. The second-order valence-electron chi connectivity index (χ2n) is 3.45. The minimum atomic E-state index is -0.0727. The maximum absolute atomic E-state index is 5.06. The van der Waals surface area contributed by atoms with Gasteiger partial charge < -0.3 is 4.52 Å². The number of nitrogens with zero attached hydrogens (tertiary/aromatic N) is 1. The van der Waals surface area contributed by atoms with E-state index in [1.165, 1.54) is 8.93 Å². The Morgan fingerprint density at radius 1 is 1.71 bits per heavy atom. The minimum absolute atomic E-state index is 0.0727. The summed E-state index contributed by atoms with van der Waals surface area (Å²) < 4.78 is 5.06. The number of halogens is 1. The van der Waals surface area contributed by atoms with Crippen LogP contribution < -0.4 is 0 Å². The summed E-state index contributed by atoms with van der Waals surface area (Å²) in [7, 11) is 1.51. The van der Waals surface area contributed by atoms with Gasteiger partial charge in [0, 0.05) is 26.8 Å². The fourth-order valence-electron chi connectivity index (χ4n) is 1.48. The lowest BCUT2D eigenvalue weighted by molar-refractivity contribution is 0.407. The summed E-state index contributed by atoms with van der Waals surface area (Å²) in [4.78, 5) is 0. The normalized spacial score (nSPS) is 23.9. The number of hydrogen-bond acceptors (Lipinski definition) is 3. The van der Waals surface area contributed by atoms with Crippen LogP contribution in [0.2, 0.25) is 0 Å². The first-order valence-corrected chi connectivity index (χ1v) is 7.52. The monoisotopic (exact) mass is 317 g/mol. The van der Waals surface area contributed by atoms with Gasteiger partial charge in [-0.15, -0.1) is 0 Å². The van der Waals surface area contributed by atoms with Crippen molar-refractivity contribution >= 4 is 36.2 Å². The van der Waals surface area contributed by atoms with Crippen LogP contribution in [0.5, 0.6) is 0 Å². The largest absolute Gasteiger partial charge is 0.357 e. The van der Waals surface area contributed by atoms with Crippen molar-refractivity contribution in [1.29, 1.82) is 0 Å². The predicted octanol–water partition coefficient (Wildman–Crippen LogP) is 3.29. The first-order valence-electron chi connectivity index (χ1n) is 4.16. The SMILES string of the molecule is CC1(C#CSI)C=Cc2oncc2C1. The summed E-state index contributed by atoms with van der Waals surface area (Å²) in [5, 5.41) is 6.80. The highest BCUT2D eigenvalue weighted by Crippen LogP contribution is 2.31. The molecule has 1 unspecified atom stereocenters. The Morgan fingerprint density at radius 3 is 3.36 bits per heavy atom. The molecule has 2 rings (SSSR count). The second-order valence-corrected chi connectivity index (χ2v) is 5.13. The molecule has 1 heterocycles. The first-order chi connectivity index (χ1) is 6.73. The van der Waals surface area contributed by atoms with Crippen molar-refractivity contribution in [3.63, 3.8) is 0 Å². The van der Waals surface area contributed by atoms with Crippen LogP contribution in [0.3, 0.4) is 0 Å². The lowest BCUT2D eigenvalue weighted by atomic mass is 9.81. The van der Waals surface area contributed by atoms with Crippen LogP contribution >= 0.6 is 30.1 Å². The summed E-state index contributed by atoms with van der Waals surface area (Å²) in [6.45, 7) is 2.12. The van der Waals surface area contributed by atoms with Gasteiger partial charge in [0.25, 0.3) is 0 Å². The van der Waals surface area contributed by atoms with Crippen molar-refractivity contribution in [3.8, 4) is 11.2 Å². The van der Waals surface area contributed by atoms with E-state index in [9.17, 15) is 0 Å². The molecule has 0 spiro atoms. The van der Waals surface area contributed by atoms with Gasteiger partial charge in [-0.1, -0.05) is 17.2 Å². The maximum Gasteiger partial charge on any atom is 0.162 e. The second kappa shape index (κ2) is 3.99. The van der Waals surface area contributed by atoms with E-state index in [2.05, 4.69) is 50.5 Å². The summed E-state index contributed by atoms with van der Waals surface area (Å²) in [5.41, 5.74) is 1.07. The van der Waals surface area contributed by atoms with Gasteiger partial charge in [0.15, 0.2) is 5.76 Å². The van der Waals surface area contributed by atoms with Crippen molar-refractivity contribution in [1.82, 2.24) is 5.16 Å². The smallest absolute Gasteiger partial charge is 0.162 e. The molecule has 0 amide bonds. The van der Waals surface area contributed by atoms with Gasteiger partial charge in [-0.2, -0.15) is 0 Å². The van der Waals surface area contributed by atoms with E-state index in [1.54, 1.807) is 6.20 Å². The van der Waals surface area contributed by atoms with Crippen LogP contribution in [0.25, 0.3) is 6.08 Å². The van der Waals surface area contributed by atoms with Gasteiger partial charge in [-0.25, -0.2) is 0 Å². The molecule has 1 aromatic rings. The molecule has 0 bridgehead atoms. The average molecular weight is 317 g/mol. The lowest BCUT2D eigenvalue weighted by Gasteiger charge is -2.21. The van der Waals surface area contributed by atoms with Crippen molar-refractivity contribution in [2.45, 2.75) is 13.3 Å². The van der Waals surface area contributed by atoms with Gasteiger partial charge >= 0.3 is 0 Å². The van der Waals surface area contributed by atoms with Crippen molar-refractivity contribution < 1.29 is 4.52 Å². The third-order valence-corrected chi connectivity index (χ3v) is 3.05. The van der Waals surface area contributed by atoms with Crippen LogP contribution in [0.15, 0.2) is 16.8 Å². The summed E-state index contributed by atoms with van der Waals surface area (Å²) in [6.07, 6.45) is 6.70. The Labute approximate surface area is 99.1 Å². The Hall–Kier alpha value is -0.410. The minimum Gasteiger partial charge on any atom is -0.357 e. The molecular weight excluding hydrogens is 309 g/mol. The highest BCUT2D eigenvalue weighted by molar-refractivity contribution is 14.2. The molecule has 1 atom stereocenters. The molecular formula is C10H8INOS. The number of rotatable bonds is 0. The third-order valence-electron chi connectivity index (χ3n) is 2.21. The molecule has 1 aliphatic rings. The number of hydrogen-bond donors (Lipinski definition) is 0. The van der Waals surface area contributed by atoms with E-state index in [0.29, 0.717) is 0 Å². The summed E-state index contributed by atoms with van der Waals surface area (Å²) >= 11 is 2.18. The van der Waals surface area contributed by atoms with E-state index in [0.717, 1.165) is 17.7 Å². The Morgan fingerprint density at radius 2 is 2.57 bits per heavy atom. The highest BCUT2D eigenvalue weighted by Gasteiger charge is 2.25. The fourth-order valence-corrected chi connectivity index (χ4v) is 2.08. The maximum atomic E-state index is 5.06. The Kier molecular flexibility index (Phi) is 2.88. The topological polar surface area (TPSA) is 26.0 Å². The average Bonchev–Trinajstić information content (AvgIpc) is 2.61. The van der Waals surface area contributed by atoms with Crippen LogP contribution in [0, 0.1) is 16.6 Å². The molecule has 0 aliphatic heterocycles. The third kappa shape index (κ3) is 1.98. The zero-order valence-corrected chi connectivity index (χ0v) is 10.6. The van der Waals surface area contributed by atoms with Crippen molar-refractivity contribution in [2.75, 3.05) is 0 Å². The number of allylic oxidation sites excluding steroid dienone is 1. The zero-order chi connectivity index (χ0) is 10.0. The standard InChI is InChI=1S/C10H8INOS/c1-10(4-5-14-11)3-2-9-8(6-10)7-12-13-9/h2-3,7H,6H2,1H3. The van der Waals surface area contributed by atoms with Crippen LogP contribution in [-0.4, -0.2) is 5.16 Å². The van der Waals surface area contributed by atoms with E-state index < -0.39 is 0 Å². The van der Waals surface area contributed by atoms with E-state index >= 15 is 0 Å². The van der Waals surface area contributed by atoms with Crippen LogP contribution in [0.1, 0.15) is 18.2 Å². The summed E-state index contributed by atoms with van der Waals surface area (Å²) in [6, 6.07) is 0. The molecule has 0 N–H and O–H groups in total. The zero-order valence-electron chi connectivity index (χ0n) is 7.58. The van der Waals surface area contributed by atoms with Crippen LogP contribution in [-0.2, 0) is 6.42 Å². The molecule has 1 aromatic heterocycles. The molecule has 0 saturated heterocycles. The molecule has 0 radical (unpaired) electrons. The molecule has 0 saturated carbocycles. The molecule has 72 valence electrons. The van der Waals surface area contributed by atoms with Gasteiger partial charge in [0.1, 0.15) is 0 Å². The Bertz CT molecular complexity index is 429. The molecule has 0 fully saturated rings. The molecule has 14 heavy (non-hydrogen) atoms. The number of aromatic nitrogens is 1. The molecule has 0 aromatic carbocycles. The number of fused-ring (bicyclic) bond motifs is 1. The van der Waals surface area contributed by atoms with E-state index in [-0.39, 0.29) is 5.41 Å². The van der Waals surface area contributed by atoms with Crippen molar-refractivity contribution in [3.05, 3.63) is 23.6 Å². The highest BCUT2D eigenvalue weighted by atomic mass is 127.